The van der Waals surface area contributed by atoms with Gasteiger partial charge in [-0.15, -0.1) is 0 Å². The van der Waals surface area contributed by atoms with E-state index < -0.39 is 0 Å². The minimum atomic E-state index is 0.0627. The first-order valence-corrected chi connectivity index (χ1v) is 10.7. The lowest BCUT2D eigenvalue weighted by Crippen LogP contribution is -2.60. The first kappa shape index (κ1) is 18.5. The van der Waals surface area contributed by atoms with Gasteiger partial charge in [0.25, 0.3) is 5.82 Å². The summed E-state index contributed by atoms with van der Waals surface area (Å²) in [6.45, 7) is 14.1. The number of aromatic nitrogens is 2. The van der Waals surface area contributed by atoms with Crippen molar-refractivity contribution in [2.45, 2.75) is 84.6 Å². The molecule has 1 atom stereocenters. The normalized spacial score (nSPS) is 23.0. The summed E-state index contributed by atoms with van der Waals surface area (Å²) in [6, 6.07) is 8.81. The van der Waals surface area contributed by atoms with E-state index >= 15 is 0 Å². The van der Waals surface area contributed by atoms with Gasteiger partial charge in [-0.2, -0.15) is 4.57 Å². The summed E-state index contributed by atoms with van der Waals surface area (Å²) in [5.41, 5.74) is 5.58. The van der Waals surface area contributed by atoms with Crippen LogP contribution in [0.25, 0.3) is 11.8 Å². The lowest BCUT2D eigenvalue weighted by molar-refractivity contribution is -0.763. The van der Waals surface area contributed by atoms with E-state index in [1.54, 1.807) is 0 Å². The molecule has 27 heavy (non-hydrogen) atoms. The smallest absolute Gasteiger partial charge is 0.218 e. The number of nitrogens with zero attached hydrogens (tertiary/aromatic N) is 2. The molecule has 2 heterocycles. The van der Waals surface area contributed by atoms with E-state index in [4.69, 9.17) is 0 Å². The Hall–Kier alpha value is -1.83. The van der Waals surface area contributed by atoms with Gasteiger partial charge < -0.3 is 0 Å². The maximum absolute atomic E-state index is 2.70. The highest BCUT2D eigenvalue weighted by atomic mass is 15.2. The standard InChI is InChI=1S/C25H35N2/c1-18-12-10-11-15-21(18)26-19(2)22-16-17-25(6,20-13-8-7-9-14-20)27(22)23(26)24(3,4)5/h10-12,15-17,20H,7-9,13-14H2,1-6H3/q+1. The van der Waals surface area contributed by atoms with Crippen LogP contribution in [0.4, 0.5) is 0 Å². The van der Waals surface area contributed by atoms with Crippen molar-refractivity contribution in [2.24, 2.45) is 5.92 Å². The summed E-state index contributed by atoms with van der Waals surface area (Å²) < 4.78 is 5.24. The van der Waals surface area contributed by atoms with Crippen molar-refractivity contribution in [3.8, 4) is 5.69 Å². The molecule has 0 spiro atoms. The minimum absolute atomic E-state index is 0.0627. The van der Waals surface area contributed by atoms with E-state index in [0.29, 0.717) is 0 Å². The Labute approximate surface area is 164 Å². The zero-order valence-electron chi connectivity index (χ0n) is 18.0. The van der Waals surface area contributed by atoms with Crippen LogP contribution in [0.5, 0.6) is 0 Å². The fraction of sp³-hybridized carbons (Fsp3) is 0.560. The van der Waals surface area contributed by atoms with Gasteiger partial charge in [0.05, 0.1) is 5.41 Å². The summed E-state index contributed by atoms with van der Waals surface area (Å²) in [7, 11) is 0. The minimum Gasteiger partial charge on any atom is -0.218 e. The number of allylic oxidation sites excluding steroid dienone is 1. The van der Waals surface area contributed by atoms with E-state index in [1.165, 1.54) is 60.6 Å². The number of imidazole rings is 1. The Bertz CT molecular complexity index is 888. The molecule has 4 rings (SSSR count). The summed E-state index contributed by atoms with van der Waals surface area (Å²) >= 11 is 0. The van der Waals surface area contributed by atoms with Gasteiger partial charge in [0.1, 0.15) is 11.2 Å². The fourth-order valence-corrected chi connectivity index (χ4v) is 5.44. The van der Waals surface area contributed by atoms with Crippen molar-refractivity contribution in [3.63, 3.8) is 0 Å². The predicted octanol–water partition coefficient (Wildman–Crippen LogP) is 6.00. The molecular formula is C25H35N2+. The molecule has 1 unspecified atom stereocenters. The molecule has 1 aliphatic carbocycles. The zero-order valence-corrected chi connectivity index (χ0v) is 18.0. The van der Waals surface area contributed by atoms with E-state index in [2.05, 4.69) is 87.1 Å². The summed E-state index contributed by atoms with van der Waals surface area (Å²) in [5, 5.41) is 0. The molecule has 144 valence electrons. The molecule has 1 saturated carbocycles. The molecule has 1 aromatic carbocycles. The molecule has 2 heteroatoms. The summed E-state index contributed by atoms with van der Waals surface area (Å²) in [4.78, 5) is 0. The van der Waals surface area contributed by atoms with Gasteiger partial charge in [0.2, 0.25) is 0 Å². The fourth-order valence-electron chi connectivity index (χ4n) is 5.44. The molecule has 1 fully saturated rings. The molecule has 1 aliphatic heterocycles. The molecule has 0 saturated heterocycles. The average Bonchev–Trinajstić information content (AvgIpc) is 3.13. The molecule has 2 aliphatic rings. The van der Waals surface area contributed by atoms with Gasteiger partial charge in [-0.25, -0.2) is 4.57 Å². The van der Waals surface area contributed by atoms with Crippen LogP contribution >= 0.6 is 0 Å². The second-order valence-electron chi connectivity index (χ2n) is 9.90. The number of fused-ring (bicyclic) bond motifs is 1. The van der Waals surface area contributed by atoms with E-state index in [-0.39, 0.29) is 11.0 Å². The lowest BCUT2D eigenvalue weighted by atomic mass is 9.75. The molecule has 0 N–H and O–H groups in total. The van der Waals surface area contributed by atoms with Crippen LogP contribution in [0.15, 0.2) is 30.3 Å². The summed E-state index contributed by atoms with van der Waals surface area (Å²) in [5.74, 6) is 2.17. The summed E-state index contributed by atoms with van der Waals surface area (Å²) in [6.07, 6.45) is 11.8. The van der Waals surface area contributed by atoms with Gasteiger partial charge in [0, 0.05) is 12.8 Å². The Balaban J connectivity index is 1.99. The van der Waals surface area contributed by atoms with Crippen LogP contribution in [-0.2, 0) is 11.0 Å². The van der Waals surface area contributed by atoms with Gasteiger partial charge in [-0.05, 0) is 71.2 Å². The van der Waals surface area contributed by atoms with Gasteiger partial charge in [-0.1, -0.05) is 37.5 Å². The topological polar surface area (TPSA) is 8.81 Å². The largest absolute Gasteiger partial charge is 0.268 e. The maximum atomic E-state index is 2.70. The number of benzene rings is 1. The number of para-hydroxylation sites is 1. The Morgan fingerprint density at radius 2 is 1.70 bits per heavy atom. The first-order chi connectivity index (χ1) is 12.7. The molecular weight excluding hydrogens is 328 g/mol. The highest BCUT2D eigenvalue weighted by Crippen LogP contribution is 2.41. The number of aryl methyl sites for hydroxylation is 1. The Morgan fingerprint density at radius 1 is 1.04 bits per heavy atom. The van der Waals surface area contributed by atoms with Crippen molar-refractivity contribution >= 4 is 6.08 Å². The van der Waals surface area contributed by atoms with Crippen LogP contribution in [0.3, 0.4) is 0 Å². The Kier molecular flexibility index (Phi) is 4.36. The highest BCUT2D eigenvalue weighted by Gasteiger charge is 2.50. The zero-order chi connectivity index (χ0) is 19.4. The first-order valence-electron chi connectivity index (χ1n) is 10.7. The van der Waals surface area contributed by atoms with Crippen molar-refractivity contribution < 1.29 is 4.57 Å². The van der Waals surface area contributed by atoms with Crippen molar-refractivity contribution in [1.82, 2.24) is 4.57 Å². The lowest BCUT2D eigenvalue weighted by Gasteiger charge is -2.35. The maximum Gasteiger partial charge on any atom is 0.268 e. The number of hydrogen-bond donors (Lipinski definition) is 0. The van der Waals surface area contributed by atoms with E-state index in [9.17, 15) is 0 Å². The molecule has 0 amide bonds. The SMILES string of the molecule is Cc1ccccc1-n1c(C)c2[n+](c1C(C)(C)C)C(C)(C1CCCCC1)C=C2. The van der Waals surface area contributed by atoms with Gasteiger partial charge in [0.15, 0.2) is 11.4 Å². The van der Waals surface area contributed by atoms with E-state index in [0.717, 1.165) is 5.92 Å². The van der Waals surface area contributed by atoms with Gasteiger partial charge >= 0.3 is 0 Å². The monoisotopic (exact) mass is 363 g/mol. The van der Waals surface area contributed by atoms with Crippen molar-refractivity contribution in [3.05, 3.63) is 53.1 Å². The third-order valence-electron chi connectivity index (χ3n) is 6.89. The third-order valence-corrected chi connectivity index (χ3v) is 6.89. The number of hydrogen-bond acceptors (Lipinski definition) is 0. The van der Waals surface area contributed by atoms with Crippen LogP contribution in [0.1, 0.15) is 82.6 Å². The Morgan fingerprint density at radius 3 is 2.33 bits per heavy atom. The van der Waals surface area contributed by atoms with Crippen LogP contribution in [-0.4, -0.2) is 4.57 Å². The average molecular weight is 364 g/mol. The molecule has 2 nitrogen and oxygen atoms in total. The van der Waals surface area contributed by atoms with E-state index in [1.807, 2.05) is 0 Å². The molecule has 1 aromatic heterocycles. The second kappa shape index (κ2) is 6.36. The quantitative estimate of drug-likeness (QED) is 0.579. The van der Waals surface area contributed by atoms with Crippen LogP contribution in [0, 0.1) is 19.8 Å². The molecule has 0 bridgehead atoms. The van der Waals surface area contributed by atoms with Crippen molar-refractivity contribution in [2.75, 3.05) is 0 Å². The van der Waals surface area contributed by atoms with Crippen molar-refractivity contribution in [1.29, 1.82) is 0 Å². The van der Waals surface area contributed by atoms with Crippen LogP contribution < -0.4 is 4.57 Å². The second-order valence-corrected chi connectivity index (χ2v) is 9.90. The molecule has 2 aromatic rings. The third kappa shape index (κ3) is 2.80. The van der Waals surface area contributed by atoms with Gasteiger partial charge in [-0.3, -0.25) is 0 Å². The highest BCUT2D eigenvalue weighted by molar-refractivity contribution is 5.53. The predicted molar refractivity (Wildman–Crippen MR) is 113 cm³/mol. The molecule has 0 radical (unpaired) electrons. The van der Waals surface area contributed by atoms with Crippen LogP contribution in [0.2, 0.25) is 0 Å². The number of rotatable bonds is 2.